The van der Waals surface area contributed by atoms with E-state index < -0.39 is 0 Å². The maximum Gasteiger partial charge on any atom is 0.298 e. The van der Waals surface area contributed by atoms with Crippen molar-refractivity contribution < 1.29 is 4.42 Å². The van der Waals surface area contributed by atoms with E-state index in [1.54, 1.807) is 0 Å². The second-order valence-electron chi connectivity index (χ2n) is 4.86. The number of aromatic nitrogens is 1. The third-order valence-electron chi connectivity index (χ3n) is 3.43. The SMILES string of the molecule is Cc1cc2oc(N3CCN(C)CC3)nc2cc1Cl. The molecular weight excluding hydrogens is 250 g/mol. The summed E-state index contributed by atoms with van der Waals surface area (Å²) in [4.78, 5) is 9.01. The lowest BCUT2D eigenvalue weighted by Gasteiger charge is -2.31. The van der Waals surface area contributed by atoms with Crippen LogP contribution in [0.1, 0.15) is 5.56 Å². The van der Waals surface area contributed by atoms with Gasteiger partial charge in [0, 0.05) is 31.2 Å². The first-order valence-corrected chi connectivity index (χ1v) is 6.51. The Labute approximate surface area is 111 Å². The van der Waals surface area contributed by atoms with Crippen LogP contribution in [0, 0.1) is 6.92 Å². The first kappa shape index (κ1) is 11.8. The molecule has 0 spiro atoms. The Morgan fingerprint density at radius 3 is 2.67 bits per heavy atom. The van der Waals surface area contributed by atoms with Crippen molar-refractivity contribution in [3.63, 3.8) is 0 Å². The quantitative estimate of drug-likeness (QED) is 0.793. The van der Waals surface area contributed by atoms with Crippen molar-refractivity contribution in [1.29, 1.82) is 0 Å². The molecule has 1 aromatic heterocycles. The van der Waals surface area contributed by atoms with Crippen LogP contribution in [0.5, 0.6) is 0 Å². The normalized spacial score (nSPS) is 17.6. The monoisotopic (exact) mass is 265 g/mol. The van der Waals surface area contributed by atoms with Crippen LogP contribution in [-0.2, 0) is 0 Å². The van der Waals surface area contributed by atoms with Crippen LogP contribution in [0.3, 0.4) is 0 Å². The highest BCUT2D eigenvalue weighted by molar-refractivity contribution is 6.32. The number of rotatable bonds is 1. The molecule has 3 rings (SSSR count). The third kappa shape index (κ3) is 2.06. The van der Waals surface area contributed by atoms with E-state index in [0.29, 0.717) is 6.01 Å². The van der Waals surface area contributed by atoms with Gasteiger partial charge in [0.15, 0.2) is 5.58 Å². The number of benzene rings is 1. The summed E-state index contributed by atoms with van der Waals surface area (Å²) in [5.74, 6) is 0. The molecule has 1 aromatic carbocycles. The van der Waals surface area contributed by atoms with Crippen LogP contribution in [0.15, 0.2) is 16.5 Å². The maximum absolute atomic E-state index is 6.10. The van der Waals surface area contributed by atoms with Gasteiger partial charge in [-0.3, -0.25) is 0 Å². The number of fused-ring (bicyclic) bond motifs is 1. The molecular formula is C13H16ClN3O. The van der Waals surface area contributed by atoms with E-state index in [1.165, 1.54) is 0 Å². The van der Waals surface area contributed by atoms with Gasteiger partial charge < -0.3 is 14.2 Å². The molecule has 4 nitrogen and oxygen atoms in total. The number of hydrogen-bond acceptors (Lipinski definition) is 4. The second kappa shape index (κ2) is 4.44. The van der Waals surface area contributed by atoms with Gasteiger partial charge in [-0.15, -0.1) is 0 Å². The highest BCUT2D eigenvalue weighted by atomic mass is 35.5. The second-order valence-corrected chi connectivity index (χ2v) is 5.26. The van der Waals surface area contributed by atoms with Crippen LogP contribution in [0.4, 0.5) is 6.01 Å². The highest BCUT2D eigenvalue weighted by Crippen LogP contribution is 2.27. The van der Waals surface area contributed by atoms with Crippen molar-refractivity contribution in [1.82, 2.24) is 9.88 Å². The van der Waals surface area contributed by atoms with Gasteiger partial charge in [0.1, 0.15) is 5.52 Å². The topological polar surface area (TPSA) is 32.5 Å². The number of hydrogen-bond donors (Lipinski definition) is 0. The summed E-state index contributed by atoms with van der Waals surface area (Å²) in [5, 5.41) is 0.737. The molecule has 18 heavy (non-hydrogen) atoms. The molecule has 0 amide bonds. The Morgan fingerprint density at radius 1 is 1.22 bits per heavy atom. The van der Waals surface area contributed by atoms with Crippen LogP contribution < -0.4 is 4.90 Å². The number of nitrogens with zero attached hydrogens (tertiary/aromatic N) is 3. The van der Waals surface area contributed by atoms with Gasteiger partial charge in [0.05, 0.1) is 0 Å². The molecule has 2 heterocycles. The molecule has 1 saturated heterocycles. The van der Waals surface area contributed by atoms with Crippen LogP contribution in [0.2, 0.25) is 5.02 Å². The molecule has 0 atom stereocenters. The number of anilines is 1. The van der Waals surface area contributed by atoms with E-state index in [2.05, 4.69) is 21.8 Å². The van der Waals surface area contributed by atoms with Crippen molar-refractivity contribution in [3.8, 4) is 0 Å². The maximum atomic E-state index is 6.10. The summed E-state index contributed by atoms with van der Waals surface area (Å²) in [6.45, 7) is 5.96. The minimum atomic E-state index is 0.708. The first-order chi connectivity index (χ1) is 8.63. The average molecular weight is 266 g/mol. The lowest BCUT2D eigenvalue weighted by atomic mass is 10.2. The van der Waals surface area contributed by atoms with E-state index in [0.717, 1.165) is 47.9 Å². The van der Waals surface area contributed by atoms with Gasteiger partial charge in [-0.25, -0.2) is 0 Å². The fraction of sp³-hybridized carbons (Fsp3) is 0.462. The fourth-order valence-corrected chi connectivity index (χ4v) is 2.33. The summed E-state index contributed by atoms with van der Waals surface area (Å²) in [6, 6.07) is 4.53. The van der Waals surface area contributed by atoms with Crippen molar-refractivity contribution in [2.45, 2.75) is 6.92 Å². The highest BCUT2D eigenvalue weighted by Gasteiger charge is 2.19. The summed E-state index contributed by atoms with van der Waals surface area (Å²) >= 11 is 6.10. The van der Waals surface area contributed by atoms with Gasteiger partial charge in [-0.1, -0.05) is 11.6 Å². The van der Waals surface area contributed by atoms with Crippen molar-refractivity contribution in [2.24, 2.45) is 0 Å². The van der Waals surface area contributed by atoms with Gasteiger partial charge >= 0.3 is 0 Å². The van der Waals surface area contributed by atoms with E-state index >= 15 is 0 Å². The summed E-state index contributed by atoms with van der Waals surface area (Å²) in [6.07, 6.45) is 0. The Morgan fingerprint density at radius 2 is 1.94 bits per heavy atom. The van der Waals surface area contributed by atoms with E-state index in [-0.39, 0.29) is 0 Å². The van der Waals surface area contributed by atoms with Crippen molar-refractivity contribution >= 4 is 28.7 Å². The van der Waals surface area contributed by atoms with Crippen molar-refractivity contribution in [2.75, 3.05) is 38.1 Å². The Balaban J connectivity index is 1.93. The predicted octanol–water partition coefficient (Wildman–Crippen LogP) is 2.54. The number of aryl methyl sites for hydroxylation is 1. The van der Waals surface area contributed by atoms with Crippen molar-refractivity contribution in [3.05, 3.63) is 22.7 Å². The molecule has 5 heteroatoms. The number of piperazine rings is 1. The Kier molecular flexibility index (Phi) is 2.92. The lowest BCUT2D eigenvalue weighted by Crippen LogP contribution is -2.44. The predicted molar refractivity (Wildman–Crippen MR) is 73.5 cm³/mol. The minimum Gasteiger partial charge on any atom is -0.423 e. The van der Waals surface area contributed by atoms with Gasteiger partial charge in [0.2, 0.25) is 0 Å². The van der Waals surface area contributed by atoms with Crippen LogP contribution in [-0.4, -0.2) is 43.1 Å². The zero-order valence-corrected chi connectivity index (χ0v) is 11.4. The Bertz CT molecular complexity index is 534. The van der Waals surface area contributed by atoms with Crippen LogP contribution >= 0.6 is 11.6 Å². The van der Waals surface area contributed by atoms with Gasteiger partial charge in [-0.05, 0) is 31.7 Å². The molecule has 1 aliphatic rings. The molecule has 1 aliphatic heterocycles. The smallest absolute Gasteiger partial charge is 0.298 e. The van der Waals surface area contributed by atoms with E-state index in [1.807, 2.05) is 19.1 Å². The number of halogens is 1. The van der Waals surface area contributed by atoms with E-state index in [9.17, 15) is 0 Å². The third-order valence-corrected chi connectivity index (χ3v) is 3.84. The lowest BCUT2D eigenvalue weighted by molar-refractivity contribution is 0.305. The molecule has 1 fully saturated rings. The zero-order valence-electron chi connectivity index (χ0n) is 10.6. The van der Waals surface area contributed by atoms with Gasteiger partial charge in [-0.2, -0.15) is 4.98 Å². The summed E-state index contributed by atoms with van der Waals surface area (Å²) in [7, 11) is 2.13. The largest absolute Gasteiger partial charge is 0.423 e. The molecule has 0 saturated carbocycles. The first-order valence-electron chi connectivity index (χ1n) is 6.13. The number of oxazole rings is 1. The molecule has 0 bridgehead atoms. The van der Waals surface area contributed by atoms with Gasteiger partial charge in [0.25, 0.3) is 6.01 Å². The minimum absolute atomic E-state index is 0.708. The molecule has 0 aliphatic carbocycles. The summed E-state index contributed by atoms with van der Waals surface area (Å²) in [5.41, 5.74) is 2.66. The average Bonchev–Trinajstić information content (AvgIpc) is 2.73. The zero-order chi connectivity index (χ0) is 12.7. The molecule has 2 aromatic rings. The molecule has 0 radical (unpaired) electrons. The van der Waals surface area contributed by atoms with Crippen LogP contribution in [0.25, 0.3) is 11.1 Å². The Hall–Kier alpha value is -1.26. The molecule has 0 unspecified atom stereocenters. The molecule has 0 N–H and O–H groups in total. The fourth-order valence-electron chi connectivity index (χ4n) is 2.17. The standard InChI is InChI=1S/C13H16ClN3O/c1-9-7-12-11(8-10(9)14)15-13(18-12)17-5-3-16(2)4-6-17/h7-8H,3-6H2,1-2H3. The molecule has 96 valence electrons. The van der Waals surface area contributed by atoms with E-state index in [4.69, 9.17) is 16.0 Å². The summed E-state index contributed by atoms with van der Waals surface area (Å²) < 4.78 is 5.82. The number of likely N-dealkylation sites (N-methyl/N-ethyl adjacent to an activating group) is 1.